The fraction of sp³-hybridized carbons (Fsp3) is 0.235. The summed E-state index contributed by atoms with van der Waals surface area (Å²) in [7, 11) is 4.25. The van der Waals surface area contributed by atoms with Crippen molar-refractivity contribution in [1.29, 1.82) is 0 Å². The summed E-state index contributed by atoms with van der Waals surface area (Å²) in [5.74, 6) is -2.35. The molecule has 6 nitrogen and oxygen atoms in total. The standard InChI is InChI=1S/C17H15NO5/c1-18-10-7-5-4-6-9(10)13(17(18)21)14-15(20)12(22-2)8-11(19)16(14)23-3/h4-8,13H,1-3H3. The van der Waals surface area contributed by atoms with Crippen molar-refractivity contribution >= 4 is 23.2 Å². The van der Waals surface area contributed by atoms with Crippen LogP contribution in [0, 0.1) is 0 Å². The van der Waals surface area contributed by atoms with Crippen molar-refractivity contribution in [3.8, 4) is 0 Å². The number of rotatable bonds is 3. The van der Waals surface area contributed by atoms with Gasteiger partial charge in [0.25, 0.3) is 0 Å². The lowest BCUT2D eigenvalue weighted by Crippen LogP contribution is -2.31. The van der Waals surface area contributed by atoms with Crippen LogP contribution in [0.25, 0.3) is 0 Å². The Labute approximate surface area is 133 Å². The molecule has 0 bridgehead atoms. The van der Waals surface area contributed by atoms with Crippen LogP contribution < -0.4 is 4.90 Å². The van der Waals surface area contributed by atoms with Crippen LogP contribution in [0.1, 0.15) is 11.5 Å². The number of carbonyl (C=O) groups excluding carboxylic acids is 3. The molecule has 0 saturated carbocycles. The number of carbonyl (C=O) groups is 3. The summed E-state index contributed by atoms with van der Waals surface area (Å²) in [5, 5.41) is 0. The summed E-state index contributed by atoms with van der Waals surface area (Å²) >= 11 is 0. The molecule has 3 rings (SSSR count). The molecule has 1 atom stereocenters. The molecule has 0 fully saturated rings. The molecule has 1 aromatic carbocycles. The largest absolute Gasteiger partial charge is 0.493 e. The minimum absolute atomic E-state index is 0.0265. The van der Waals surface area contributed by atoms with Gasteiger partial charge < -0.3 is 14.4 Å². The minimum Gasteiger partial charge on any atom is -0.493 e. The van der Waals surface area contributed by atoms with E-state index < -0.39 is 17.5 Å². The second kappa shape index (κ2) is 5.39. The van der Waals surface area contributed by atoms with Gasteiger partial charge in [-0.15, -0.1) is 0 Å². The van der Waals surface area contributed by atoms with Crippen molar-refractivity contribution in [3.05, 3.63) is 53.0 Å². The van der Waals surface area contributed by atoms with Crippen molar-refractivity contribution < 1.29 is 23.9 Å². The Hall–Kier alpha value is -2.89. The summed E-state index contributed by atoms with van der Waals surface area (Å²) in [6.07, 6.45) is 1.08. The average Bonchev–Trinajstić information content (AvgIpc) is 2.81. The fourth-order valence-electron chi connectivity index (χ4n) is 3.00. The van der Waals surface area contributed by atoms with E-state index in [4.69, 9.17) is 9.47 Å². The molecule has 0 spiro atoms. The maximum absolute atomic E-state index is 12.7. The number of ketones is 2. The number of amides is 1. The quantitative estimate of drug-likeness (QED) is 0.787. The van der Waals surface area contributed by atoms with E-state index in [1.165, 1.54) is 19.1 Å². The third kappa shape index (κ3) is 2.06. The first-order valence-electron chi connectivity index (χ1n) is 7.00. The lowest BCUT2D eigenvalue weighted by molar-refractivity contribution is -0.122. The van der Waals surface area contributed by atoms with Crippen LogP contribution in [0.4, 0.5) is 5.69 Å². The van der Waals surface area contributed by atoms with Gasteiger partial charge in [0.2, 0.25) is 17.5 Å². The smallest absolute Gasteiger partial charge is 0.239 e. The van der Waals surface area contributed by atoms with Crippen LogP contribution in [0.15, 0.2) is 47.4 Å². The Morgan fingerprint density at radius 3 is 2.39 bits per heavy atom. The highest BCUT2D eigenvalue weighted by Gasteiger charge is 2.45. The maximum Gasteiger partial charge on any atom is 0.239 e. The average molecular weight is 313 g/mol. The molecule has 1 heterocycles. The van der Waals surface area contributed by atoms with Gasteiger partial charge in [-0.3, -0.25) is 14.4 Å². The molecule has 1 amide bonds. The number of benzene rings is 1. The predicted molar refractivity (Wildman–Crippen MR) is 81.7 cm³/mol. The summed E-state index contributed by atoms with van der Waals surface area (Å²) < 4.78 is 10.1. The van der Waals surface area contributed by atoms with E-state index in [2.05, 4.69) is 0 Å². The van der Waals surface area contributed by atoms with E-state index in [1.54, 1.807) is 25.2 Å². The highest BCUT2D eigenvalue weighted by Crippen LogP contribution is 2.43. The molecule has 1 aliphatic heterocycles. The van der Waals surface area contributed by atoms with Gasteiger partial charge in [-0.25, -0.2) is 0 Å². The van der Waals surface area contributed by atoms with Crippen LogP contribution in [0.3, 0.4) is 0 Å². The third-order valence-corrected chi connectivity index (χ3v) is 4.10. The fourth-order valence-corrected chi connectivity index (χ4v) is 3.00. The molecule has 6 heteroatoms. The number of allylic oxidation sites excluding steroid dienone is 2. The van der Waals surface area contributed by atoms with Crippen molar-refractivity contribution in [3.63, 3.8) is 0 Å². The van der Waals surface area contributed by atoms with E-state index >= 15 is 0 Å². The molecule has 0 N–H and O–H groups in total. The van der Waals surface area contributed by atoms with Crippen molar-refractivity contribution in [2.24, 2.45) is 0 Å². The number of anilines is 1. The number of para-hydroxylation sites is 1. The summed E-state index contributed by atoms with van der Waals surface area (Å²) in [6, 6.07) is 7.16. The molecule has 0 aromatic heterocycles. The second-order valence-electron chi connectivity index (χ2n) is 5.24. The maximum atomic E-state index is 12.7. The Kier molecular flexibility index (Phi) is 3.52. The molecular weight excluding hydrogens is 298 g/mol. The zero-order chi connectivity index (χ0) is 16.7. The number of hydrogen-bond donors (Lipinski definition) is 0. The summed E-state index contributed by atoms with van der Waals surface area (Å²) in [4.78, 5) is 39.0. The van der Waals surface area contributed by atoms with E-state index in [0.29, 0.717) is 11.3 Å². The summed E-state index contributed by atoms with van der Waals surface area (Å²) in [5.41, 5.74) is 1.40. The van der Waals surface area contributed by atoms with E-state index in [-0.39, 0.29) is 23.0 Å². The highest BCUT2D eigenvalue weighted by atomic mass is 16.5. The number of ether oxygens (including phenoxy) is 2. The highest BCUT2D eigenvalue weighted by molar-refractivity contribution is 6.25. The van der Waals surface area contributed by atoms with Crippen LogP contribution in [-0.4, -0.2) is 38.7 Å². The zero-order valence-electron chi connectivity index (χ0n) is 13.0. The number of hydrogen-bond acceptors (Lipinski definition) is 5. The predicted octanol–water partition coefficient (Wildman–Crippen LogP) is 1.33. The molecule has 23 heavy (non-hydrogen) atoms. The van der Waals surface area contributed by atoms with Crippen LogP contribution in [-0.2, 0) is 23.9 Å². The Balaban J connectivity index is 2.21. The molecule has 0 saturated heterocycles. The number of likely N-dealkylation sites (N-methyl/N-ethyl adjacent to an activating group) is 1. The monoisotopic (exact) mass is 313 g/mol. The first kappa shape index (κ1) is 15.0. The number of nitrogens with zero attached hydrogens (tertiary/aromatic N) is 1. The first-order chi connectivity index (χ1) is 11.0. The first-order valence-corrected chi connectivity index (χ1v) is 7.00. The van der Waals surface area contributed by atoms with Crippen molar-refractivity contribution in [2.45, 2.75) is 5.92 Å². The van der Waals surface area contributed by atoms with Gasteiger partial charge in [0.05, 0.1) is 25.7 Å². The summed E-state index contributed by atoms with van der Waals surface area (Å²) in [6.45, 7) is 0. The number of methoxy groups -OCH3 is 2. The lowest BCUT2D eigenvalue weighted by Gasteiger charge is -2.21. The topological polar surface area (TPSA) is 72.9 Å². The van der Waals surface area contributed by atoms with E-state index in [1.807, 2.05) is 6.07 Å². The number of Topliss-reactive ketones (excluding diaryl/α,β-unsaturated/α-hetero) is 1. The van der Waals surface area contributed by atoms with Crippen molar-refractivity contribution in [1.82, 2.24) is 0 Å². The van der Waals surface area contributed by atoms with Gasteiger partial charge >= 0.3 is 0 Å². The molecule has 1 aromatic rings. The van der Waals surface area contributed by atoms with Crippen LogP contribution in [0.2, 0.25) is 0 Å². The Morgan fingerprint density at radius 1 is 1.04 bits per heavy atom. The van der Waals surface area contributed by atoms with E-state index in [0.717, 1.165) is 6.08 Å². The SMILES string of the molecule is COC1=CC(=O)C(OC)=C(C2C(=O)N(C)c3ccccc32)C1=O. The molecule has 0 radical (unpaired) electrons. The van der Waals surface area contributed by atoms with Gasteiger partial charge in [-0.1, -0.05) is 18.2 Å². The van der Waals surface area contributed by atoms with Gasteiger partial charge in [0.1, 0.15) is 0 Å². The number of fused-ring (bicyclic) bond motifs is 1. The second-order valence-corrected chi connectivity index (χ2v) is 5.24. The van der Waals surface area contributed by atoms with Gasteiger partial charge in [-0.05, 0) is 11.6 Å². The Bertz CT molecular complexity index is 790. The normalized spacial score (nSPS) is 20.7. The molecular formula is C17H15NO5. The molecule has 2 aliphatic rings. The molecule has 1 unspecified atom stereocenters. The molecule has 118 valence electrons. The van der Waals surface area contributed by atoms with Gasteiger partial charge in [-0.2, -0.15) is 0 Å². The Morgan fingerprint density at radius 2 is 1.74 bits per heavy atom. The van der Waals surface area contributed by atoms with Gasteiger partial charge in [0, 0.05) is 18.8 Å². The molecule has 1 aliphatic carbocycles. The van der Waals surface area contributed by atoms with Crippen molar-refractivity contribution in [2.75, 3.05) is 26.2 Å². The van der Waals surface area contributed by atoms with Gasteiger partial charge in [0.15, 0.2) is 11.5 Å². The third-order valence-electron chi connectivity index (χ3n) is 4.10. The minimum atomic E-state index is -0.874. The van der Waals surface area contributed by atoms with Crippen LogP contribution >= 0.6 is 0 Å². The van der Waals surface area contributed by atoms with E-state index in [9.17, 15) is 14.4 Å². The zero-order valence-corrected chi connectivity index (χ0v) is 13.0. The van der Waals surface area contributed by atoms with Crippen LogP contribution in [0.5, 0.6) is 0 Å². The lowest BCUT2D eigenvalue weighted by atomic mass is 9.85.